The summed E-state index contributed by atoms with van der Waals surface area (Å²) in [6.07, 6.45) is 0. The fourth-order valence-electron chi connectivity index (χ4n) is 2.33. The number of ether oxygens (including phenoxy) is 2. The van der Waals surface area contributed by atoms with Gasteiger partial charge in [-0.05, 0) is 42.8 Å². The Labute approximate surface area is 140 Å². The predicted octanol–water partition coefficient (Wildman–Crippen LogP) is 3.15. The summed E-state index contributed by atoms with van der Waals surface area (Å²) in [5.74, 6) is 1.30. The van der Waals surface area contributed by atoms with Crippen LogP contribution < -0.4 is 14.2 Å². The molecule has 0 unspecified atom stereocenters. The first kappa shape index (κ1) is 16.1. The second kappa shape index (κ2) is 6.39. The van der Waals surface area contributed by atoms with E-state index in [1.807, 2.05) is 6.07 Å². The molecule has 0 aromatic heterocycles. The van der Waals surface area contributed by atoms with Crippen LogP contribution in [-0.2, 0) is 10.0 Å². The van der Waals surface area contributed by atoms with E-state index in [9.17, 15) is 8.42 Å². The lowest BCUT2D eigenvalue weighted by atomic mass is 10.1. The molecule has 5 nitrogen and oxygen atoms in total. The van der Waals surface area contributed by atoms with Gasteiger partial charge in [-0.3, -0.25) is 0 Å². The molecule has 3 rings (SSSR count). The molecule has 0 saturated heterocycles. The minimum Gasteiger partial charge on any atom is -0.486 e. The quantitative estimate of drug-likeness (QED) is 0.917. The van der Waals surface area contributed by atoms with Crippen LogP contribution in [0.4, 0.5) is 0 Å². The summed E-state index contributed by atoms with van der Waals surface area (Å²) >= 11 is 5.86. The van der Waals surface area contributed by atoms with E-state index in [1.165, 1.54) is 12.1 Å². The molecule has 1 aliphatic heterocycles. The average Bonchev–Trinajstić information content (AvgIpc) is 2.54. The Balaban J connectivity index is 1.82. The third-order valence-corrected chi connectivity index (χ3v) is 5.28. The summed E-state index contributed by atoms with van der Waals surface area (Å²) in [5.41, 5.74) is 0.792. The molecule has 0 radical (unpaired) electrons. The number of sulfonamides is 1. The number of rotatable bonds is 4. The molecule has 2 aromatic rings. The maximum atomic E-state index is 12.4. The number of fused-ring (bicyclic) bond motifs is 1. The van der Waals surface area contributed by atoms with Crippen LogP contribution in [0.5, 0.6) is 11.5 Å². The smallest absolute Gasteiger partial charge is 0.241 e. The topological polar surface area (TPSA) is 64.6 Å². The second-order valence-electron chi connectivity index (χ2n) is 5.20. The standard InChI is InChI=1S/C16H16ClNO4S/c1-11(12-5-6-15-16(9-12)22-8-7-21-15)18-23(19,20)14-4-2-3-13(17)10-14/h2-6,9-11,18H,7-8H2,1H3/t11-/m1/s1. The van der Waals surface area contributed by atoms with Gasteiger partial charge in [0.25, 0.3) is 0 Å². The minimum atomic E-state index is -3.66. The Bertz CT molecular complexity index is 823. The molecule has 0 saturated carbocycles. The van der Waals surface area contributed by atoms with Crippen molar-refractivity contribution in [3.05, 3.63) is 53.1 Å². The van der Waals surface area contributed by atoms with Crippen molar-refractivity contribution in [1.29, 1.82) is 0 Å². The zero-order valence-electron chi connectivity index (χ0n) is 12.5. The monoisotopic (exact) mass is 353 g/mol. The summed E-state index contributed by atoms with van der Waals surface area (Å²) in [4.78, 5) is 0.134. The highest BCUT2D eigenvalue weighted by Crippen LogP contribution is 2.33. The molecule has 0 amide bonds. The van der Waals surface area contributed by atoms with E-state index in [0.29, 0.717) is 29.7 Å². The van der Waals surface area contributed by atoms with Gasteiger partial charge in [-0.15, -0.1) is 0 Å². The van der Waals surface area contributed by atoms with E-state index in [1.54, 1.807) is 31.2 Å². The maximum Gasteiger partial charge on any atom is 0.241 e. The van der Waals surface area contributed by atoms with E-state index in [0.717, 1.165) is 5.56 Å². The van der Waals surface area contributed by atoms with Gasteiger partial charge in [-0.1, -0.05) is 23.7 Å². The molecule has 1 N–H and O–H groups in total. The van der Waals surface area contributed by atoms with Gasteiger partial charge in [0, 0.05) is 11.1 Å². The lowest BCUT2D eigenvalue weighted by Crippen LogP contribution is -2.27. The van der Waals surface area contributed by atoms with Crippen molar-refractivity contribution in [1.82, 2.24) is 4.72 Å². The number of halogens is 1. The number of hydrogen-bond donors (Lipinski definition) is 1. The molecular formula is C16H16ClNO4S. The molecule has 0 bridgehead atoms. The van der Waals surface area contributed by atoms with Crippen molar-refractivity contribution in [3.63, 3.8) is 0 Å². The highest BCUT2D eigenvalue weighted by Gasteiger charge is 2.20. The van der Waals surface area contributed by atoms with Gasteiger partial charge in [0.1, 0.15) is 13.2 Å². The minimum absolute atomic E-state index is 0.134. The molecule has 122 valence electrons. The zero-order valence-corrected chi connectivity index (χ0v) is 14.0. The first-order valence-corrected chi connectivity index (χ1v) is 8.99. The van der Waals surface area contributed by atoms with Crippen molar-refractivity contribution < 1.29 is 17.9 Å². The van der Waals surface area contributed by atoms with Crippen LogP contribution in [0.15, 0.2) is 47.4 Å². The van der Waals surface area contributed by atoms with Gasteiger partial charge in [-0.2, -0.15) is 0 Å². The van der Waals surface area contributed by atoms with Gasteiger partial charge in [0.15, 0.2) is 11.5 Å². The van der Waals surface area contributed by atoms with Crippen LogP contribution in [0.25, 0.3) is 0 Å². The van der Waals surface area contributed by atoms with Crippen molar-refractivity contribution in [2.75, 3.05) is 13.2 Å². The number of nitrogens with one attached hydrogen (secondary N) is 1. The maximum absolute atomic E-state index is 12.4. The number of benzene rings is 2. The predicted molar refractivity (Wildman–Crippen MR) is 87.6 cm³/mol. The zero-order chi connectivity index (χ0) is 16.4. The highest BCUT2D eigenvalue weighted by molar-refractivity contribution is 7.89. The van der Waals surface area contributed by atoms with Crippen LogP contribution in [0.2, 0.25) is 5.02 Å². The van der Waals surface area contributed by atoms with Crippen molar-refractivity contribution in [2.24, 2.45) is 0 Å². The van der Waals surface area contributed by atoms with Crippen LogP contribution in [0.1, 0.15) is 18.5 Å². The Kier molecular flexibility index (Phi) is 4.48. The van der Waals surface area contributed by atoms with Crippen LogP contribution >= 0.6 is 11.6 Å². The Hall–Kier alpha value is -1.76. The normalized spacial score (nSPS) is 15.2. The summed E-state index contributed by atoms with van der Waals surface area (Å²) in [7, 11) is -3.66. The SMILES string of the molecule is C[C@@H](NS(=O)(=O)c1cccc(Cl)c1)c1ccc2c(c1)OCCO2. The largest absolute Gasteiger partial charge is 0.486 e. The number of hydrogen-bond acceptors (Lipinski definition) is 4. The molecule has 7 heteroatoms. The van der Waals surface area contributed by atoms with E-state index < -0.39 is 16.1 Å². The molecular weight excluding hydrogens is 338 g/mol. The fraction of sp³-hybridized carbons (Fsp3) is 0.250. The fourth-order valence-corrected chi connectivity index (χ4v) is 3.86. The molecule has 1 heterocycles. The van der Waals surface area contributed by atoms with Gasteiger partial charge < -0.3 is 9.47 Å². The van der Waals surface area contributed by atoms with Crippen molar-refractivity contribution in [2.45, 2.75) is 17.9 Å². The summed E-state index contributed by atoms with van der Waals surface area (Å²) in [6.45, 7) is 2.77. The van der Waals surface area contributed by atoms with E-state index >= 15 is 0 Å². The van der Waals surface area contributed by atoms with Gasteiger partial charge in [0.05, 0.1) is 4.90 Å². The molecule has 2 aromatic carbocycles. The molecule has 1 aliphatic rings. The molecule has 0 aliphatic carbocycles. The molecule has 23 heavy (non-hydrogen) atoms. The average molecular weight is 354 g/mol. The second-order valence-corrected chi connectivity index (χ2v) is 7.35. The van der Waals surface area contributed by atoms with Crippen LogP contribution in [-0.4, -0.2) is 21.6 Å². The Morgan fingerprint density at radius 3 is 2.57 bits per heavy atom. The lowest BCUT2D eigenvalue weighted by Gasteiger charge is -2.21. The first-order valence-electron chi connectivity index (χ1n) is 7.13. The van der Waals surface area contributed by atoms with E-state index in [2.05, 4.69) is 4.72 Å². The molecule has 0 fully saturated rings. The van der Waals surface area contributed by atoms with Crippen LogP contribution in [0.3, 0.4) is 0 Å². The van der Waals surface area contributed by atoms with Crippen LogP contribution in [0, 0.1) is 0 Å². The van der Waals surface area contributed by atoms with E-state index in [4.69, 9.17) is 21.1 Å². The molecule has 1 atom stereocenters. The Morgan fingerprint density at radius 1 is 1.09 bits per heavy atom. The van der Waals surface area contributed by atoms with Gasteiger partial charge in [0.2, 0.25) is 10.0 Å². The summed E-state index contributed by atoms with van der Waals surface area (Å²) < 4.78 is 38.5. The third kappa shape index (κ3) is 3.60. The first-order chi connectivity index (χ1) is 11.0. The highest BCUT2D eigenvalue weighted by atomic mass is 35.5. The summed E-state index contributed by atoms with van der Waals surface area (Å²) in [5, 5.41) is 0.375. The summed E-state index contributed by atoms with van der Waals surface area (Å²) in [6, 6.07) is 11.1. The van der Waals surface area contributed by atoms with Crippen molar-refractivity contribution in [3.8, 4) is 11.5 Å². The van der Waals surface area contributed by atoms with Gasteiger partial charge >= 0.3 is 0 Å². The van der Waals surface area contributed by atoms with Crippen molar-refractivity contribution >= 4 is 21.6 Å². The van der Waals surface area contributed by atoms with Gasteiger partial charge in [-0.25, -0.2) is 13.1 Å². The molecule has 0 spiro atoms. The van der Waals surface area contributed by atoms with E-state index in [-0.39, 0.29) is 4.90 Å². The third-order valence-electron chi connectivity index (χ3n) is 3.50. The lowest BCUT2D eigenvalue weighted by molar-refractivity contribution is 0.171. The Morgan fingerprint density at radius 2 is 1.83 bits per heavy atom.